The maximum Gasteiger partial charge on any atom is 0.251 e. The molecular formula is C28H29N5O3. The summed E-state index contributed by atoms with van der Waals surface area (Å²) in [7, 11) is 2.13. The molecule has 0 unspecified atom stereocenters. The number of amides is 1. The van der Waals surface area contributed by atoms with Gasteiger partial charge in [-0.15, -0.1) is 5.10 Å². The zero-order valence-corrected chi connectivity index (χ0v) is 20.1. The van der Waals surface area contributed by atoms with Gasteiger partial charge in [0.2, 0.25) is 0 Å². The number of hydrogen-bond donors (Lipinski definition) is 3. The van der Waals surface area contributed by atoms with Crippen molar-refractivity contribution in [2.24, 2.45) is 5.92 Å². The number of piperidine rings is 1. The fourth-order valence-electron chi connectivity index (χ4n) is 4.47. The normalized spacial score (nSPS) is 14.6. The number of phenols is 2. The second-order valence-corrected chi connectivity index (χ2v) is 9.21. The summed E-state index contributed by atoms with van der Waals surface area (Å²) in [5.74, 6) is 1.29. The Morgan fingerprint density at radius 1 is 0.917 bits per heavy atom. The van der Waals surface area contributed by atoms with Crippen molar-refractivity contribution in [3.63, 3.8) is 0 Å². The maximum absolute atomic E-state index is 12.7. The summed E-state index contributed by atoms with van der Waals surface area (Å²) in [6.45, 7) is 2.81. The van der Waals surface area contributed by atoms with Gasteiger partial charge in [-0.3, -0.25) is 4.79 Å². The van der Waals surface area contributed by atoms with E-state index in [4.69, 9.17) is 0 Å². The minimum atomic E-state index is -0.102. The zero-order chi connectivity index (χ0) is 25.1. The SMILES string of the molecule is CN1CCC(CNC(=O)c2ccc(-n3nc(-c4ccccc4O)nc3-c3ccccc3O)cc2)CC1. The Balaban J connectivity index is 1.42. The first-order valence-electron chi connectivity index (χ1n) is 12.1. The van der Waals surface area contributed by atoms with E-state index in [1.807, 2.05) is 6.07 Å². The molecule has 3 N–H and O–H groups in total. The Kier molecular flexibility index (Phi) is 6.69. The summed E-state index contributed by atoms with van der Waals surface area (Å²) >= 11 is 0. The number of carbonyl (C=O) groups is 1. The maximum atomic E-state index is 12.7. The van der Waals surface area contributed by atoms with Crippen LogP contribution in [0, 0.1) is 5.92 Å². The van der Waals surface area contributed by atoms with Crippen molar-refractivity contribution in [3.05, 3.63) is 78.4 Å². The van der Waals surface area contributed by atoms with E-state index in [-0.39, 0.29) is 17.4 Å². The summed E-state index contributed by atoms with van der Waals surface area (Å²) in [5, 5.41) is 28.5. The standard InChI is InChI=1S/C28H29N5O3/c1-32-16-14-19(15-17-32)18-29-28(36)20-10-12-21(13-11-20)33-27(23-7-3-5-9-25(23)35)30-26(31-33)22-6-2-4-8-24(22)34/h2-13,19,34-35H,14-18H2,1H3,(H,29,36). The highest BCUT2D eigenvalue weighted by Crippen LogP contribution is 2.33. The molecule has 0 aliphatic carbocycles. The van der Waals surface area contributed by atoms with Gasteiger partial charge in [0.25, 0.3) is 5.91 Å². The third kappa shape index (κ3) is 4.94. The first-order chi connectivity index (χ1) is 17.5. The number of aromatic hydroxyl groups is 2. The van der Waals surface area contributed by atoms with Crippen LogP contribution >= 0.6 is 0 Å². The van der Waals surface area contributed by atoms with Crippen LogP contribution < -0.4 is 5.32 Å². The molecule has 3 aromatic carbocycles. The Labute approximate surface area is 209 Å². The molecule has 5 rings (SSSR count). The van der Waals surface area contributed by atoms with Crippen molar-refractivity contribution >= 4 is 5.91 Å². The van der Waals surface area contributed by atoms with Crippen molar-refractivity contribution in [1.29, 1.82) is 0 Å². The van der Waals surface area contributed by atoms with Crippen LogP contribution in [0.15, 0.2) is 72.8 Å². The molecule has 0 spiro atoms. The second kappa shape index (κ2) is 10.2. The smallest absolute Gasteiger partial charge is 0.251 e. The molecule has 36 heavy (non-hydrogen) atoms. The van der Waals surface area contributed by atoms with Crippen molar-refractivity contribution in [2.75, 3.05) is 26.7 Å². The molecule has 8 heteroatoms. The van der Waals surface area contributed by atoms with Gasteiger partial charge in [0.15, 0.2) is 11.6 Å². The van der Waals surface area contributed by atoms with E-state index < -0.39 is 0 Å². The number of carbonyl (C=O) groups excluding carboxylic acids is 1. The highest BCUT2D eigenvalue weighted by Gasteiger charge is 2.20. The monoisotopic (exact) mass is 483 g/mol. The second-order valence-electron chi connectivity index (χ2n) is 9.21. The molecular weight excluding hydrogens is 454 g/mol. The minimum absolute atomic E-state index is 0.0649. The van der Waals surface area contributed by atoms with Gasteiger partial charge in [-0.1, -0.05) is 24.3 Å². The molecule has 0 atom stereocenters. The van der Waals surface area contributed by atoms with Gasteiger partial charge in [-0.05, 0) is 87.4 Å². The summed E-state index contributed by atoms with van der Waals surface area (Å²) in [6, 6.07) is 20.9. The third-order valence-electron chi connectivity index (χ3n) is 6.66. The zero-order valence-electron chi connectivity index (χ0n) is 20.1. The van der Waals surface area contributed by atoms with Gasteiger partial charge in [0, 0.05) is 12.1 Å². The molecule has 1 aliphatic rings. The van der Waals surface area contributed by atoms with E-state index in [1.165, 1.54) is 0 Å². The van der Waals surface area contributed by atoms with Crippen LogP contribution in [-0.4, -0.2) is 62.5 Å². The Morgan fingerprint density at radius 2 is 1.53 bits per heavy atom. The van der Waals surface area contributed by atoms with Gasteiger partial charge >= 0.3 is 0 Å². The number of aromatic nitrogens is 3. The van der Waals surface area contributed by atoms with Gasteiger partial charge in [0.1, 0.15) is 11.5 Å². The van der Waals surface area contributed by atoms with Gasteiger partial charge in [0.05, 0.1) is 16.8 Å². The Hall–Kier alpha value is -4.17. The molecule has 1 saturated heterocycles. The van der Waals surface area contributed by atoms with Gasteiger partial charge < -0.3 is 20.4 Å². The average molecular weight is 484 g/mol. The van der Waals surface area contributed by atoms with Crippen LogP contribution in [0.3, 0.4) is 0 Å². The van der Waals surface area contributed by atoms with E-state index >= 15 is 0 Å². The van der Waals surface area contributed by atoms with Crippen molar-refractivity contribution in [1.82, 2.24) is 25.0 Å². The Morgan fingerprint density at radius 3 is 2.17 bits per heavy atom. The highest BCUT2D eigenvalue weighted by atomic mass is 16.3. The fourth-order valence-corrected chi connectivity index (χ4v) is 4.47. The van der Waals surface area contributed by atoms with E-state index in [0.717, 1.165) is 25.9 Å². The van der Waals surface area contributed by atoms with Crippen LogP contribution in [-0.2, 0) is 0 Å². The predicted octanol–water partition coefficient (Wildman–Crippen LogP) is 4.08. The number of benzene rings is 3. The molecule has 2 heterocycles. The van der Waals surface area contributed by atoms with E-state index in [9.17, 15) is 15.0 Å². The fraction of sp³-hybridized carbons (Fsp3) is 0.250. The summed E-state index contributed by atoms with van der Waals surface area (Å²) in [6.07, 6.45) is 2.19. The topological polar surface area (TPSA) is 104 Å². The number of rotatable bonds is 6. The molecule has 1 aromatic heterocycles. The number of para-hydroxylation sites is 2. The number of phenolic OH excluding ortho intramolecular Hbond substituents is 2. The lowest BCUT2D eigenvalue weighted by Gasteiger charge is -2.28. The lowest BCUT2D eigenvalue weighted by molar-refractivity contribution is 0.0939. The number of hydrogen-bond acceptors (Lipinski definition) is 6. The first kappa shape index (κ1) is 23.6. The quantitative estimate of drug-likeness (QED) is 0.382. The average Bonchev–Trinajstić information content (AvgIpc) is 3.34. The molecule has 8 nitrogen and oxygen atoms in total. The minimum Gasteiger partial charge on any atom is -0.507 e. The van der Waals surface area contributed by atoms with Crippen LogP contribution in [0.5, 0.6) is 11.5 Å². The molecule has 4 aromatic rings. The van der Waals surface area contributed by atoms with E-state index in [1.54, 1.807) is 71.4 Å². The van der Waals surface area contributed by atoms with Crippen LogP contribution in [0.2, 0.25) is 0 Å². The van der Waals surface area contributed by atoms with E-state index in [0.29, 0.717) is 46.5 Å². The van der Waals surface area contributed by atoms with Crippen LogP contribution in [0.1, 0.15) is 23.2 Å². The molecule has 184 valence electrons. The van der Waals surface area contributed by atoms with E-state index in [2.05, 4.69) is 27.3 Å². The summed E-state index contributed by atoms with van der Waals surface area (Å²) in [5.41, 5.74) is 2.23. The summed E-state index contributed by atoms with van der Waals surface area (Å²) < 4.78 is 1.61. The summed E-state index contributed by atoms with van der Waals surface area (Å²) in [4.78, 5) is 19.7. The molecule has 0 radical (unpaired) electrons. The molecule has 0 bridgehead atoms. The van der Waals surface area contributed by atoms with Gasteiger partial charge in [-0.2, -0.15) is 0 Å². The van der Waals surface area contributed by atoms with Crippen molar-refractivity contribution in [2.45, 2.75) is 12.8 Å². The molecule has 1 fully saturated rings. The predicted molar refractivity (Wildman–Crippen MR) is 138 cm³/mol. The number of nitrogens with one attached hydrogen (secondary N) is 1. The van der Waals surface area contributed by atoms with Crippen LogP contribution in [0.4, 0.5) is 0 Å². The lowest BCUT2D eigenvalue weighted by Crippen LogP contribution is -2.36. The number of likely N-dealkylation sites (tertiary alicyclic amines) is 1. The first-order valence-corrected chi connectivity index (χ1v) is 12.1. The third-order valence-corrected chi connectivity index (χ3v) is 6.66. The van der Waals surface area contributed by atoms with Gasteiger partial charge in [-0.25, -0.2) is 9.67 Å². The number of nitrogens with zero attached hydrogens (tertiary/aromatic N) is 4. The van der Waals surface area contributed by atoms with Crippen molar-refractivity contribution in [3.8, 4) is 40.0 Å². The van der Waals surface area contributed by atoms with Crippen LogP contribution in [0.25, 0.3) is 28.5 Å². The molecule has 1 amide bonds. The molecule has 0 saturated carbocycles. The van der Waals surface area contributed by atoms with Crippen molar-refractivity contribution < 1.29 is 15.0 Å². The highest BCUT2D eigenvalue weighted by molar-refractivity contribution is 5.94. The molecule has 1 aliphatic heterocycles. The lowest BCUT2D eigenvalue weighted by atomic mass is 9.97. The Bertz CT molecular complexity index is 1360. The largest absolute Gasteiger partial charge is 0.507 e.